The number of aliphatic hydroxyl groups is 1. The van der Waals surface area contributed by atoms with Crippen molar-refractivity contribution in [2.75, 3.05) is 0 Å². The molecule has 3 rings (SSSR count). The molecule has 0 heterocycles. The van der Waals surface area contributed by atoms with Crippen molar-refractivity contribution in [1.82, 2.24) is 0 Å². The van der Waals surface area contributed by atoms with E-state index in [1.807, 2.05) is 42.5 Å². The fourth-order valence-corrected chi connectivity index (χ4v) is 3.34. The Morgan fingerprint density at radius 1 is 1.09 bits per heavy atom. The van der Waals surface area contributed by atoms with Crippen LogP contribution in [0.2, 0.25) is 0 Å². The molecule has 1 saturated carbocycles. The Balaban J connectivity index is 1.64. The van der Waals surface area contributed by atoms with Gasteiger partial charge in [0.1, 0.15) is 12.4 Å². The standard InChI is InChI=1S/C20H24O2/c1-15-10-11-18(12-15)20(21)17-8-5-9-19(13-17)22-14-16-6-3-2-4-7-16/h2-9,13,15,18,20-21H,10-12,14H2,1H3/t15-,18+,20-/m1/s1. The Kier molecular flexibility index (Phi) is 4.79. The average Bonchev–Trinajstić information content (AvgIpc) is 3.00. The van der Waals surface area contributed by atoms with Crippen LogP contribution in [0, 0.1) is 11.8 Å². The molecule has 1 aliphatic carbocycles. The van der Waals surface area contributed by atoms with E-state index in [2.05, 4.69) is 19.1 Å². The predicted molar refractivity (Wildman–Crippen MR) is 88.7 cm³/mol. The molecule has 3 atom stereocenters. The van der Waals surface area contributed by atoms with E-state index in [9.17, 15) is 5.11 Å². The molecule has 2 aromatic rings. The van der Waals surface area contributed by atoms with E-state index >= 15 is 0 Å². The third-order valence-electron chi connectivity index (χ3n) is 4.63. The fourth-order valence-electron chi connectivity index (χ4n) is 3.34. The van der Waals surface area contributed by atoms with Crippen LogP contribution in [0.25, 0.3) is 0 Å². The Labute approximate surface area is 132 Å². The summed E-state index contributed by atoms with van der Waals surface area (Å²) in [6.07, 6.45) is 3.10. The topological polar surface area (TPSA) is 29.5 Å². The summed E-state index contributed by atoms with van der Waals surface area (Å²) in [6.45, 7) is 2.83. The Hall–Kier alpha value is -1.80. The molecule has 0 bridgehead atoms. The van der Waals surface area contributed by atoms with Gasteiger partial charge in [0.05, 0.1) is 6.10 Å². The second kappa shape index (κ2) is 6.97. The van der Waals surface area contributed by atoms with Crippen LogP contribution in [0.5, 0.6) is 5.75 Å². The molecule has 116 valence electrons. The molecular weight excluding hydrogens is 272 g/mol. The summed E-state index contributed by atoms with van der Waals surface area (Å²) in [5.74, 6) is 1.95. The molecule has 2 aromatic carbocycles. The summed E-state index contributed by atoms with van der Waals surface area (Å²) in [5.41, 5.74) is 2.13. The number of hydrogen-bond acceptors (Lipinski definition) is 2. The number of hydrogen-bond donors (Lipinski definition) is 1. The molecule has 0 radical (unpaired) electrons. The smallest absolute Gasteiger partial charge is 0.120 e. The van der Waals surface area contributed by atoms with Crippen LogP contribution in [0.4, 0.5) is 0 Å². The van der Waals surface area contributed by atoms with Crippen molar-refractivity contribution in [2.45, 2.75) is 38.9 Å². The molecule has 0 amide bonds. The number of benzene rings is 2. The van der Waals surface area contributed by atoms with Crippen molar-refractivity contribution >= 4 is 0 Å². The minimum atomic E-state index is -0.370. The van der Waals surface area contributed by atoms with Gasteiger partial charge in [0, 0.05) is 0 Å². The quantitative estimate of drug-likeness (QED) is 0.864. The van der Waals surface area contributed by atoms with Gasteiger partial charge in [0.2, 0.25) is 0 Å². The highest BCUT2D eigenvalue weighted by atomic mass is 16.5. The molecule has 0 saturated heterocycles. The lowest BCUT2D eigenvalue weighted by atomic mass is 9.93. The van der Waals surface area contributed by atoms with Gasteiger partial charge in [-0.1, -0.05) is 55.8 Å². The molecule has 1 aliphatic rings. The number of ether oxygens (including phenoxy) is 1. The predicted octanol–water partition coefficient (Wildman–Crippen LogP) is 4.74. The van der Waals surface area contributed by atoms with Gasteiger partial charge < -0.3 is 9.84 Å². The van der Waals surface area contributed by atoms with Gasteiger partial charge in [0.25, 0.3) is 0 Å². The van der Waals surface area contributed by atoms with Gasteiger partial charge >= 0.3 is 0 Å². The van der Waals surface area contributed by atoms with E-state index in [1.165, 1.54) is 6.42 Å². The summed E-state index contributed by atoms with van der Waals surface area (Å²) in [4.78, 5) is 0. The summed E-state index contributed by atoms with van der Waals surface area (Å²) in [7, 11) is 0. The van der Waals surface area contributed by atoms with Gasteiger partial charge in [-0.05, 0) is 47.9 Å². The maximum Gasteiger partial charge on any atom is 0.120 e. The second-order valence-electron chi connectivity index (χ2n) is 6.47. The second-order valence-corrected chi connectivity index (χ2v) is 6.47. The van der Waals surface area contributed by atoms with E-state index in [0.29, 0.717) is 12.5 Å². The van der Waals surface area contributed by atoms with E-state index in [0.717, 1.165) is 35.6 Å². The van der Waals surface area contributed by atoms with Crippen LogP contribution in [0.15, 0.2) is 54.6 Å². The van der Waals surface area contributed by atoms with Crippen LogP contribution in [-0.2, 0) is 6.61 Å². The van der Waals surface area contributed by atoms with Crippen LogP contribution in [0.3, 0.4) is 0 Å². The van der Waals surface area contributed by atoms with Crippen LogP contribution in [0.1, 0.15) is 43.4 Å². The van der Waals surface area contributed by atoms with Crippen molar-refractivity contribution < 1.29 is 9.84 Å². The van der Waals surface area contributed by atoms with E-state index in [-0.39, 0.29) is 6.10 Å². The normalized spacial score (nSPS) is 22.5. The van der Waals surface area contributed by atoms with E-state index in [1.54, 1.807) is 0 Å². The molecule has 0 aliphatic heterocycles. The maximum absolute atomic E-state index is 10.6. The number of aliphatic hydroxyl groups excluding tert-OH is 1. The Morgan fingerprint density at radius 2 is 1.91 bits per heavy atom. The number of rotatable bonds is 5. The van der Waals surface area contributed by atoms with Gasteiger partial charge in [-0.25, -0.2) is 0 Å². The first-order valence-corrected chi connectivity index (χ1v) is 8.17. The summed E-state index contributed by atoms with van der Waals surface area (Å²) >= 11 is 0. The lowest BCUT2D eigenvalue weighted by Crippen LogP contribution is -2.09. The zero-order chi connectivity index (χ0) is 15.4. The van der Waals surface area contributed by atoms with Crippen molar-refractivity contribution in [1.29, 1.82) is 0 Å². The first-order chi connectivity index (χ1) is 10.7. The van der Waals surface area contributed by atoms with E-state index in [4.69, 9.17) is 4.74 Å². The lowest BCUT2D eigenvalue weighted by molar-refractivity contribution is 0.109. The first kappa shape index (κ1) is 15.1. The average molecular weight is 296 g/mol. The SMILES string of the molecule is C[C@@H]1CC[C@H]([C@H](O)c2cccc(OCc3ccccc3)c2)C1. The highest BCUT2D eigenvalue weighted by Gasteiger charge is 2.28. The molecule has 2 heteroatoms. The molecule has 0 spiro atoms. The molecule has 1 N–H and O–H groups in total. The van der Waals surface area contributed by atoms with Crippen molar-refractivity contribution in [3.8, 4) is 5.75 Å². The minimum absolute atomic E-state index is 0.370. The summed E-state index contributed by atoms with van der Waals surface area (Å²) in [6, 6.07) is 18.0. The largest absolute Gasteiger partial charge is 0.489 e. The summed E-state index contributed by atoms with van der Waals surface area (Å²) in [5, 5.41) is 10.6. The molecule has 1 fully saturated rings. The van der Waals surface area contributed by atoms with Crippen molar-refractivity contribution in [3.63, 3.8) is 0 Å². The van der Waals surface area contributed by atoms with Crippen LogP contribution >= 0.6 is 0 Å². The molecule has 22 heavy (non-hydrogen) atoms. The summed E-state index contributed by atoms with van der Waals surface area (Å²) < 4.78 is 5.86. The fraction of sp³-hybridized carbons (Fsp3) is 0.400. The monoisotopic (exact) mass is 296 g/mol. The Morgan fingerprint density at radius 3 is 2.64 bits per heavy atom. The highest BCUT2D eigenvalue weighted by molar-refractivity contribution is 5.30. The first-order valence-electron chi connectivity index (χ1n) is 8.17. The van der Waals surface area contributed by atoms with E-state index < -0.39 is 0 Å². The van der Waals surface area contributed by atoms with Gasteiger partial charge in [-0.2, -0.15) is 0 Å². The van der Waals surface area contributed by atoms with Crippen molar-refractivity contribution in [2.24, 2.45) is 11.8 Å². The molecule has 2 nitrogen and oxygen atoms in total. The zero-order valence-corrected chi connectivity index (χ0v) is 13.1. The van der Waals surface area contributed by atoms with Crippen LogP contribution in [-0.4, -0.2) is 5.11 Å². The highest BCUT2D eigenvalue weighted by Crippen LogP contribution is 2.39. The third-order valence-corrected chi connectivity index (χ3v) is 4.63. The molecular formula is C20H24O2. The van der Waals surface area contributed by atoms with Gasteiger partial charge in [-0.15, -0.1) is 0 Å². The zero-order valence-electron chi connectivity index (χ0n) is 13.1. The van der Waals surface area contributed by atoms with Gasteiger partial charge in [-0.3, -0.25) is 0 Å². The van der Waals surface area contributed by atoms with Crippen LogP contribution < -0.4 is 4.74 Å². The molecule has 0 unspecified atom stereocenters. The Bertz CT molecular complexity index is 594. The van der Waals surface area contributed by atoms with Gasteiger partial charge in [0.15, 0.2) is 0 Å². The maximum atomic E-state index is 10.6. The minimum Gasteiger partial charge on any atom is -0.489 e. The lowest BCUT2D eigenvalue weighted by Gasteiger charge is -2.19. The van der Waals surface area contributed by atoms with Crippen molar-refractivity contribution in [3.05, 3.63) is 65.7 Å². The molecule has 0 aromatic heterocycles. The third kappa shape index (κ3) is 3.69.